The van der Waals surface area contributed by atoms with Crippen LogP contribution in [0.2, 0.25) is 0 Å². The number of nitrogens with zero attached hydrogens (tertiary/aromatic N) is 2. The predicted octanol–water partition coefficient (Wildman–Crippen LogP) is 2.74. The molecule has 2 heterocycles. The molecule has 0 amide bonds. The van der Waals surface area contributed by atoms with Gasteiger partial charge in [0.1, 0.15) is 0 Å². The standard InChI is InChI=1S/C14H18N2/c1-15-9-4-6-13(15)11-16-10-8-12-5-2-3-7-14(12)16/h2-3,5,7-8,10,13H,4,6,9,11H2,1H3. The topological polar surface area (TPSA) is 8.17 Å². The summed E-state index contributed by atoms with van der Waals surface area (Å²) in [4.78, 5) is 2.48. The fraction of sp³-hybridized carbons (Fsp3) is 0.429. The van der Waals surface area contributed by atoms with Gasteiger partial charge in [-0.05, 0) is 44.0 Å². The van der Waals surface area contributed by atoms with E-state index in [0.717, 1.165) is 12.6 Å². The van der Waals surface area contributed by atoms with Gasteiger partial charge in [0.15, 0.2) is 0 Å². The quantitative estimate of drug-likeness (QED) is 0.746. The molecule has 1 aliphatic rings. The zero-order chi connectivity index (χ0) is 11.0. The van der Waals surface area contributed by atoms with Crippen molar-refractivity contribution >= 4 is 10.9 Å². The monoisotopic (exact) mass is 214 g/mol. The average Bonchev–Trinajstić information content (AvgIpc) is 2.88. The molecule has 1 atom stereocenters. The van der Waals surface area contributed by atoms with Crippen molar-refractivity contribution in [2.45, 2.75) is 25.4 Å². The van der Waals surface area contributed by atoms with Crippen LogP contribution in [0.25, 0.3) is 10.9 Å². The SMILES string of the molecule is CN1CCCC1Cn1ccc2ccccc21. The van der Waals surface area contributed by atoms with Gasteiger partial charge in [0.05, 0.1) is 0 Å². The van der Waals surface area contributed by atoms with Gasteiger partial charge in [-0.3, -0.25) is 0 Å². The number of hydrogen-bond donors (Lipinski definition) is 0. The maximum absolute atomic E-state index is 2.48. The highest BCUT2D eigenvalue weighted by Crippen LogP contribution is 2.20. The van der Waals surface area contributed by atoms with E-state index in [1.54, 1.807) is 0 Å². The van der Waals surface area contributed by atoms with Crippen LogP contribution in [0.1, 0.15) is 12.8 Å². The third kappa shape index (κ3) is 1.63. The average molecular weight is 214 g/mol. The van der Waals surface area contributed by atoms with Crippen LogP contribution in [0.15, 0.2) is 36.5 Å². The Morgan fingerprint density at radius 1 is 1.25 bits per heavy atom. The molecule has 1 aromatic heterocycles. The van der Waals surface area contributed by atoms with Crippen molar-refractivity contribution in [3.05, 3.63) is 36.5 Å². The Morgan fingerprint density at radius 3 is 2.94 bits per heavy atom. The Bertz CT molecular complexity index is 486. The Kier molecular flexibility index (Phi) is 2.44. The van der Waals surface area contributed by atoms with Crippen molar-refractivity contribution in [3.8, 4) is 0 Å². The van der Waals surface area contributed by atoms with E-state index in [2.05, 4.69) is 53.0 Å². The number of rotatable bonds is 2. The van der Waals surface area contributed by atoms with Crippen LogP contribution in [-0.2, 0) is 6.54 Å². The maximum atomic E-state index is 2.48. The molecule has 16 heavy (non-hydrogen) atoms. The van der Waals surface area contributed by atoms with Gasteiger partial charge < -0.3 is 9.47 Å². The van der Waals surface area contributed by atoms with Crippen LogP contribution in [0.4, 0.5) is 0 Å². The molecule has 1 fully saturated rings. The Balaban J connectivity index is 1.89. The molecule has 2 heteroatoms. The summed E-state index contributed by atoms with van der Waals surface area (Å²) in [7, 11) is 2.24. The smallest absolute Gasteiger partial charge is 0.0480 e. The van der Waals surface area contributed by atoms with Crippen molar-refractivity contribution in [2.75, 3.05) is 13.6 Å². The number of likely N-dealkylation sites (tertiary alicyclic amines) is 1. The summed E-state index contributed by atoms with van der Waals surface area (Å²) >= 11 is 0. The molecular formula is C14H18N2. The molecular weight excluding hydrogens is 196 g/mol. The van der Waals surface area contributed by atoms with Crippen LogP contribution in [0.3, 0.4) is 0 Å². The number of likely N-dealkylation sites (N-methyl/N-ethyl adjacent to an activating group) is 1. The molecule has 1 aliphatic heterocycles. The van der Waals surface area contributed by atoms with E-state index in [1.807, 2.05) is 0 Å². The fourth-order valence-corrected chi connectivity index (χ4v) is 2.74. The maximum Gasteiger partial charge on any atom is 0.0480 e. The van der Waals surface area contributed by atoms with Gasteiger partial charge in [-0.25, -0.2) is 0 Å². The highest BCUT2D eigenvalue weighted by atomic mass is 15.2. The van der Waals surface area contributed by atoms with Crippen LogP contribution in [-0.4, -0.2) is 29.1 Å². The van der Waals surface area contributed by atoms with Crippen LogP contribution in [0, 0.1) is 0 Å². The minimum atomic E-state index is 0.718. The van der Waals surface area contributed by atoms with Crippen LogP contribution < -0.4 is 0 Å². The van der Waals surface area contributed by atoms with Gasteiger partial charge in [-0.2, -0.15) is 0 Å². The highest BCUT2D eigenvalue weighted by molar-refractivity contribution is 5.79. The van der Waals surface area contributed by atoms with E-state index in [-0.39, 0.29) is 0 Å². The van der Waals surface area contributed by atoms with E-state index in [9.17, 15) is 0 Å². The summed E-state index contributed by atoms with van der Waals surface area (Å²) < 4.78 is 2.39. The molecule has 0 bridgehead atoms. The molecule has 84 valence electrons. The fourth-order valence-electron chi connectivity index (χ4n) is 2.74. The number of aromatic nitrogens is 1. The van der Waals surface area contributed by atoms with E-state index >= 15 is 0 Å². The molecule has 0 spiro atoms. The number of hydrogen-bond acceptors (Lipinski definition) is 1. The van der Waals surface area contributed by atoms with Crippen molar-refractivity contribution in [2.24, 2.45) is 0 Å². The summed E-state index contributed by atoms with van der Waals surface area (Å²) in [5.74, 6) is 0. The van der Waals surface area contributed by atoms with Gasteiger partial charge >= 0.3 is 0 Å². The largest absolute Gasteiger partial charge is 0.346 e. The summed E-state index contributed by atoms with van der Waals surface area (Å²) in [5.41, 5.74) is 1.36. The first kappa shape index (κ1) is 9.91. The lowest BCUT2D eigenvalue weighted by atomic mass is 10.2. The molecule has 1 saturated heterocycles. The number of benzene rings is 1. The minimum absolute atomic E-state index is 0.718. The third-order valence-electron chi connectivity index (χ3n) is 3.76. The predicted molar refractivity (Wildman–Crippen MR) is 67.6 cm³/mol. The lowest BCUT2D eigenvalue weighted by Crippen LogP contribution is -2.28. The van der Waals surface area contributed by atoms with Crippen molar-refractivity contribution in [1.29, 1.82) is 0 Å². The second kappa shape index (κ2) is 3.95. The van der Waals surface area contributed by atoms with E-state index in [4.69, 9.17) is 0 Å². The normalized spacial score (nSPS) is 21.9. The minimum Gasteiger partial charge on any atom is -0.346 e. The van der Waals surface area contributed by atoms with Crippen molar-refractivity contribution in [3.63, 3.8) is 0 Å². The Morgan fingerprint density at radius 2 is 2.12 bits per heavy atom. The first-order chi connectivity index (χ1) is 7.84. The van der Waals surface area contributed by atoms with Gasteiger partial charge in [-0.15, -0.1) is 0 Å². The lowest BCUT2D eigenvalue weighted by Gasteiger charge is -2.20. The summed E-state index contributed by atoms with van der Waals surface area (Å²) in [6.07, 6.45) is 4.90. The van der Waals surface area contributed by atoms with E-state index in [0.29, 0.717) is 0 Å². The summed E-state index contributed by atoms with van der Waals surface area (Å²) in [6, 6.07) is 11.6. The first-order valence-corrected chi connectivity index (χ1v) is 6.09. The second-order valence-corrected chi connectivity index (χ2v) is 4.80. The third-order valence-corrected chi connectivity index (χ3v) is 3.76. The molecule has 1 aromatic carbocycles. The number of fused-ring (bicyclic) bond motifs is 1. The Labute approximate surface area is 96.5 Å². The van der Waals surface area contributed by atoms with Crippen molar-refractivity contribution < 1.29 is 0 Å². The van der Waals surface area contributed by atoms with Gasteiger partial charge in [0, 0.05) is 24.3 Å². The molecule has 0 aliphatic carbocycles. The number of para-hydroxylation sites is 1. The highest BCUT2D eigenvalue weighted by Gasteiger charge is 2.21. The molecule has 1 unspecified atom stereocenters. The first-order valence-electron chi connectivity index (χ1n) is 6.09. The zero-order valence-corrected chi connectivity index (χ0v) is 9.76. The van der Waals surface area contributed by atoms with Gasteiger partial charge in [0.25, 0.3) is 0 Å². The van der Waals surface area contributed by atoms with Crippen LogP contribution >= 0.6 is 0 Å². The molecule has 0 saturated carbocycles. The molecule has 2 nitrogen and oxygen atoms in total. The van der Waals surface area contributed by atoms with Crippen LogP contribution in [0.5, 0.6) is 0 Å². The van der Waals surface area contributed by atoms with E-state index in [1.165, 1.54) is 30.3 Å². The molecule has 0 radical (unpaired) electrons. The summed E-state index contributed by atoms with van der Waals surface area (Å²) in [6.45, 7) is 2.38. The summed E-state index contributed by atoms with van der Waals surface area (Å²) in [5, 5.41) is 1.35. The van der Waals surface area contributed by atoms with Crippen molar-refractivity contribution in [1.82, 2.24) is 9.47 Å². The molecule has 2 aromatic rings. The second-order valence-electron chi connectivity index (χ2n) is 4.80. The lowest BCUT2D eigenvalue weighted by molar-refractivity contribution is 0.284. The van der Waals surface area contributed by atoms with Gasteiger partial charge in [0.2, 0.25) is 0 Å². The van der Waals surface area contributed by atoms with E-state index < -0.39 is 0 Å². The molecule has 3 rings (SSSR count). The zero-order valence-electron chi connectivity index (χ0n) is 9.76. The molecule has 0 N–H and O–H groups in total. The van der Waals surface area contributed by atoms with Gasteiger partial charge in [-0.1, -0.05) is 18.2 Å². The Hall–Kier alpha value is -1.28.